The zero-order valence-electron chi connectivity index (χ0n) is 21.5. The molecule has 0 fully saturated rings. The summed E-state index contributed by atoms with van der Waals surface area (Å²) in [6, 6.07) is 30.4. The maximum atomic E-state index is 4.95. The van der Waals surface area contributed by atoms with Crippen molar-refractivity contribution in [2.24, 2.45) is 0 Å². The van der Waals surface area contributed by atoms with Gasteiger partial charge in [-0.25, -0.2) is 0 Å². The molecular weight excluding hydrogens is 436 g/mol. The Kier molecular flexibility index (Phi) is 7.23. The second-order valence-corrected chi connectivity index (χ2v) is 10.1. The molecule has 5 rings (SSSR count). The molecule has 36 heavy (non-hydrogen) atoms. The molecular formula is C34H34N2. The minimum atomic E-state index is 0.504. The molecule has 0 saturated carbocycles. The van der Waals surface area contributed by atoms with Crippen molar-refractivity contribution in [3.8, 4) is 22.5 Å². The highest BCUT2D eigenvalue weighted by molar-refractivity contribution is 5.96. The number of hydrogen-bond acceptors (Lipinski definition) is 2. The summed E-state index contributed by atoms with van der Waals surface area (Å²) in [5.41, 5.74) is 9.76. The Bertz CT molecular complexity index is 1430. The Morgan fingerprint density at radius 3 is 2.17 bits per heavy atom. The molecule has 0 aliphatic carbocycles. The van der Waals surface area contributed by atoms with Gasteiger partial charge < -0.3 is 0 Å². The van der Waals surface area contributed by atoms with Crippen LogP contribution in [0, 0.1) is 6.92 Å². The summed E-state index contributed by atoms with van der Waals surface area (Å²) >= 11 is 0. The van der Waals surface area contributed by atoms with Crippen LogP contribution in [-0.4, -0.2) is 9.97 Å². The highest BCUT2D eigenvalue weighted by Crippen LogP contribution is 2.32. The van der Waals surface area contributed by atoms with Crippen molar-refractivity contribution in [3.63, 3.8) is 0 Å². The van der Waals surface area contributed by atoms with Gasteiger partial charge in [-0.1, -0.05) is 98.3 Å². The molecule has 0 atom stereocenters. The third-order valence-corrected chi connectivity index (χ3v) is 7.04. The zero-order chi connectivity index (χ0) is 24.9. The fourth-order valence-electron chi connectivity index (χ4n) is 4.81. The van der Waals surface area contributed by atoms with E-state index in [0.29, 0.717) is 5.92 Å². The lowest BCUT2D eigenvalue weighted by Crippen LogP contribution is -1.97. The standard InChI is InChI=1S/C34H34N2/c1-24(2)29-18-19-31-32(21-29)30(23-36-34(31)28-16-13-25(3)14-17-28)12-8-7-9-26-15-20-33(35-22-26)27-10-5-4-6-11-27/h4-6,10-11,13-24H,7-9,12H2,1-3H3. The van der Waals surface area contributed by atoms with E-state index in [0.717, 1.165) is 37.1 Å². The first-order valence-electron chi connectivity index (χ1n) is 13.1. The minimum absolute atomic E-state index is 0.504. The molecule has 0 N–H and O–H groups in total. The van der Waals surface area contributed by atoms with Gasteiger partial charge in [0.25, 0.3) is 0 Å². The summed E-state index contributed by atoms with van der Waals surface area (Å²) in [4.78, 5) is 9.63. The fraction of sp³-hybridized carbons (Fsp3) is 0.235. The molecule has 2 heteroatoms. The van der Waals surface area contributed by atoms with Crippen LogP contribution < -0.4 is 0 Å². The Labute approximate surface area is 215 Å². The first-order valence-corrected chi connectivity index (χ1v) is 13.1. The minimum Gasteiger partial charge on any atom is -0.256 e. The van der Waals surface area contributed by atoms with Gasteiger partial charge in [0, 0.05) is 28.9 Å². The van der Waals surface area contributed by atoms with Gasteiger partial charge in [0.2, 0.25) is 0 Å². The summed E-state index contributed by atoms with van der Waals surface area (Å²) in [5.74, 6) is 0.504. The van der Waals surface area contributed by atoms with Crippen molar-refractivity contribution in [1.29, 1.82) is 0 Å². The second-order valence-electron chi connectivity index (χ2n) is 10.1. The number of unbranched alkanes of at least 4 members (excludes halogenated alkanes) is 1. The van der Waals surface area contributed by atoms with Gasteiger partial charge in [0.1, 0.15) is 0 Å². The normalized spacial score (nSPS) is 11.3. The monoisotopic (exact) mass is 470 g/mol. The Balaban J connectivity index is 1.31. The van der Waals surface area contributed by atoms with E-state index < -0.39 is 0 Å². The largest absolute Gasteiger partial charge is 0.256 e. The summed E-state index contributed by atoms with van der Waals surface area (Å²) < 4.78 is 0. The highest BCUT2D eigenvalue weighted by Gasteiger charge is 2.12. The van der Waals surface area contributed by atoms with Gasteiger partial charge in [0.15, 0.2) is 0 Å². The number of rotatable bonds is 8. The summed E-state index contributed by atoms with van der Waals surface area (Å²) in [6.07, 6.45) is 8.49. The van der Waals surface area contributed by atoms with Crippen molar-refractivity contribution >= 4 is 10.8 Å². The molecule has 0 radical (unpaired) electrons. The van der Waals surface area contributed by atoms with Crippen LogP contribution in [0.5, 0.6) is 0 Å². The van der Waals surface area contributed by atoms with Gasteiger partial charge in [-0.3, -0.25) is 9.97 Å². The van der Waals surface area contributed by atoms with Crippen molar-refractivity contribution in [3.05, 3.63) is 120 Å². The maximum absolute atomic E-state index is 4.95. The molecule has 0 amide bonds. The van der Waals surface area contributed by atoms with Crippen LogP contribution >= 0.6 is 0 Å². The van der Waals surface area contributed by atoms with E-state index in [1.807, 2.05) is 12.3 Å². The third kappa shape index (κ3) is 5.39. The first kappa shape index (κ1) is 23.9. The molecule has 2 aromatic heterocycles. The Hall–Kier alpha value is -3.78. The maximum Gasteiger partial charge on any atom is 0.0780 e. The average molecular weight is 471 g/mol. The van der Waals surface area contributed by atoms with E-state index >= 15 is 0 Å². The second kappa shape index (κ2) is 10.9. The van der Waals surface area contributed by atoms with Crippen molar-refractivity contribution in [1.82, 2.24) is 9.97 Å². The van der Waals surface area contributed by atoms with Crippen molar-refractivity contribution in [2.45, 2.75) is 52.4 Å². The molecule has 180 valence electrons. The number of benzene rings is 3. The SMILES string of the molecule is Cc1ccc(-c2ncc(CCCCc3ccc(-c4ccccc4)nc3)c3cc(C(C)C)ccc23)cc1. The van der Waals surface area contributed by atoms with Crippen LogP contribution in [0.1, 0.15) is 54.9 Å². The lowest BCUT2D eigenvalue weighted by atomic mass is 9.93. The number of nitrogens with zero attached hydrogens (tertiary/aromatic N) is 2. The van der Waals surface area contributed by atoms with Crippen LogP contribution in [0.2, 0.25) is 0 Å². The average Bonchev–Trinajstić information content (AvgIpc) is 2.92. The first-order chi connectivity index (χ1) is 17.6. The number of aryl methyl sites for hydroxylation is 3. The summed E-state index contributed by atoms with van der Waals surface area (Å²) in [5, 5.41) is 2.60. The number of hydrogen-bond donors (Lipinski definition) is 0. The lowest BCUT2D eigenvalue weighted by molar-refractivity contribution is 0.734. The van der Waals surface area contributed by atoms with Gasteiger partial charge >= 0.3 is 0 Å². The molecule has 0 aliphatic heterocycles. The zero-order valence-corrected chi connectivity index (χ0v) is 21.5. The van der Waals surface area contributed by atoms with E-state index in [1.54, 1.807) is 0 Å². The van der Waals surface area contributed by atoms with Crippen molar-refractivity contribution in [2.75, 3.05) is 0 Å². The highest BCUT2D eigenvalue weighted by atomic mass is 14.7. The molecule has 2 heterocycles. The topological polar surface area (TPSA) is 25.8 Å². The summed E-state index contributed by atoms with van der Waals surface area (Å²) in [7, 11) is 0. The van der Waals surface area contributed by atoms with Crippen LogP contribution in [0.3, 0.4) is 0 Å². The van der Waals surface area contributed by atoms with Gasteiger partial charge in [-0.05, 0) is 66.7 Å². The molecule has 0 aliphatic rings. The van der Waals surface area contributed by atoms with Crippen LogP contribution in [0.4, 0.5) is 0 Å². The van der Waals surface area contributed by atoms with E-state index in [-0.39, 0.29) is 0 Å². The van der Waals surface area contributed by atoms with Gasteiger partial charge in [0.05, 0.1) is 11.4 Å². The third-order valence-electron chi connectivity index (χ3n) is 7.04. The van der Waals surface area contributed by atoms with Gasteiger partial charge in [-0.15, -0.1) is 0 Å². The number of pyridine rings is 2. The van der Waals surface area contributed by atoms with Crippen LogP contribution in [-0.2, 0) is 12.8 Å². The Morgan fingerprint density at radius 1 is 0.667 bits per heavy atom. The predicted molar refractivity (Wildman–Crippen MR) is 152 cm³/mol. The smallest absolute Gasteiger partial charge is 0.0780 e. The number of fused-ring (bicyclic) bond motifs is 1. The van der Waals surface area contributed by atoms with Crippen LogP contribution in [0.25, 0.3) is 33.3 Å². The molecule has 3 aromatic carbocycles. The lowest BCUT2D eigenvalue weighted by Gasteiger charge is -2.14. The van der Waals surface area contributed by atoms with E-state index in [2.05, 4.69) is 111 Å². The van der Waals surface area contributed by atoms with E-state index in [9.17, 15) is 0 Å². The molecule has 0 spiro atoms. The van der Waals surface area contributed by atoms with Gasteiger partial charge in [-0.2, -0.15) is 0 Å². The molecule has 2 nitrogen and oxygen atoms in total. The molecule has 5 aromatic rings. The molecule has 0 saturated heterocycles. The quantitative estimate of drug-likeness (QED) is 0.211. The summed E-state index contributed by atoms with van der Waals surface area (Å²) in [6.45, 7) is 6.65. The van der Waals surface area contributed by atoms with E-state index in [1.165, 1.54) is 44.2 Å². The predicted octanol–water partition coefficient (Wildman–Crippen LogP) is 8.96. The number of aromatic nitrogens is 2. The molecule has 0 bridgehead atoms. The van der Waals surface area contributed by atoms with Crippen molar-refractivity contribution < 1.29 is 0 Å². The molecule has 0 unspecified atom stereocenters. The fourth-order valence-corrected chi connectivity index (χ4v) is 4.81. The van der Waals surface area contributed by atoms with Crippen LogP contribution in [0.15, 0.2) is 97.3 Å². The van der Waals surface area contributed by atoms with E-state index in [4.69, 9.17) is 4.98 Å². The Morgan fingerprint density at radius 2 is 1.44 bits per heavy atom.